The Morgan fingerprint density at radius 2 is 1.81 bits per heavy atom. The third-order valence-electron chi connectivity index (χ3n) is 3.88. The van der Waals surface area contributed by atoms with Gasteiger partial charge in [-0.3, -0.25) is 4.79 Å². The highest BCUT2D eigenvalue weighted by Crippen LogP contribution is 2.19. The smallest absolute Gasteiger partial charge is 0.223 e. The summed E-state index contributed by atoms with van der Waals surface area (Å²) in [7, 11) is -3.13. The van der Waals surface area contributed by atoms with Crippen molar-refractivity contribution in [2.24, 2.45) is 5.92 Å². The van der Waals surface area contributed by atoms with Crippen LogP contribution in [0.5, 0.6) is 0 Å². The van der Waals surface area contributed by atoms with E-state index in [1.807, 2.05) is 31.2 Å². The lowest BCUT2D eigenvalue weighted by molar-refractivity contribution is -0.126. The standard InChI is InChI=1S/C15H22N2O3S/c1-12-3-5-13(6-4-12)11-16-15(18)14-7-9-17(10-8-14)21(2,19)20/h3-6,14H,7-11H2,1-2H3,(H,16,18). The molecule has 0 atom stereocenters. The van der Waals surface area contributed by atoms with Crippen LogP contribution in [0.25, 0.3) is 0 Å². The zero-order valence-electron chi connectivity index (χ0n) is 12.5. The lowest BCUT2D eigenvalue weighted by Crippen LogP contribution is -2.42. The number of carbonyl (C=O) groups excluding carboxylic acids is 1. The molecule has 1 amide bonds. The van der Waals surface area contributed by atoms with E-state index in [4.69, 9.17) is 0 Å². The third kappa shape index (κ3) is 4.54. The van der Waals surface area contributed by atoms with Gasteiger partial charge in [0.25, 0.3) is 0 Å². The Labute approximate surface area is 126 Å². The van der Waals surface area contributed by atoms with Gasteiger partial charge in [-0.15, -0.1) is 0 Å². The molecule has 1 aromatic rings. The van der Waals surface area contributed by atoms with E-state index in [-0.39, 0.29) is 11.8 Å². The molecule has 5 nitrogen and oxygen atoms in total. The van der Waals surface area contributed by atoms with Crippen LogP contribution in [0.4, 0.5) is 0 Å². The molecule has 0 saturated carbocycles. The van der Waals surface area contributed by atoms with Crippen LogP contribution >= 0.6 is 0 Å². The molecule has 1 aliphatic heterocycles. The molecule has 0 aromatic heterocycles. The van der Waals surface area contributed by atoms with Crippen LogP contribution < -0.4 is 5.32 Å². The van der Waals surface area contributed by atoms with E-state index < -0.39 is 10.0 Å². The van der Waals surface area contributed by atoms with Crippen LogP contribution in [0.3, 0.4) is 0 Å². The normalized spacial score (nSPS) is 17.6. The lowest BCUT2D eigenvalue weighted by atomic mass is 9.97. The van der Waals surface area contributed by atoms with Gasteiger partial charge in [0.1, 0.15) is 0 Å². The van der Waals surface area contributed by atoms with Crippen LogP contribution in [0, 0.1) is 12.8 Å². The predicted octanol–water partition coefficient (Wildman–Crippen LogP) is 1.28. The molecule has 1 N–H and O–H groups in total. The van der Waals surface area contributed by atoms with E-state index >= 15 is 0 Å². The number of nitrogens with one attached hydrogen (secondary N) is 1. The van der Waals surface area contributed by atoms with Gasteiger partial charge in [0.05, 0.1) is 6.26 Å². The number of aryl methyl sites for hydroxylation is 1. The van der Waals surface area contributed by atoms with Gasteiger partial charge in [-0.1, -0.05) is 29.8 Å². The SMILES string of the molecule is Cc1ccc(CNC(=O)C2CCN(S(C)(=O)=O)CC2)cc1. The van der Waals surface area contributed by atoms with E-state index in [0.717, 1.165) is 5.56 Å². The fourth-order valence-electron chi connectivity index (χ4n) is 2.49. The fourth-order valence-corrected chi connectivity index (χ4v) is 3.36. The molecular weight excluding hydrogens is 288 g/mol. The zero-order valence-corrected chi connectivity index (χ0v) is 13.3. The topological polar surface area (TPSA) is 66.5 Å². The first-order valence-corrected chi connectivity index (χ1v) is 8.99. The minimum absolute atomic E-state index is 0.0173. The summed E-state index contributed by atoms with van der Waals surface area (Å²) in [6.07, 6.45) is 2.39. The van der Waals surface area contributed by atoms with Crippen LogP contribution in [0.15, 0.2) is 24.3 Å². The molecule has 0 radical (unpaired) electrons. The van der Waals surface area contributed by atoms with Crippen molar-refractivity contribution in [3.05, 3.63) is 35.4 Å². The molecule has 1 aliphatic rings. The highest BCUT2D eigenvalue weighted by molar-refractivity contribution is 7.88. The number of benzene rings is 1. The fraction of sp³-hybridized carbons (Fsp3) is 0.533. The molecule has 0 aliphatic carbocycles. The van der Waals surface area contributed by atoms with Crippen molar-refractivity contribution < 1.29 is 13.2 Å². The molecule has 2 rings (SSSR count). The Hall–Kier alpha value is -1.40. The molecule has 116 valence electrons. The number of rotatable bonds is 4. The number of sulfonamides is 1. The van der Waals surface area contributed by atoms with Crippen molar-refractivity contribution in [1.82, 2.24) is 9.62 Å². The van der Waals surface area contributed by atoms with Crippen molar-refractivity contribution in [3.63, 3.8) is 0 Å². The Kier molecular flexibility index (Phi) is 5.00. The number of hydrogen-bond acceptors (Lipinski definition) is 3. The van der Waals surface area contributed by atoms with Crippen LogP contribution in [-0.2, 0) is 21.4 Å². The molecule has 0 unspecified atom stereocenters. The number of hydrogen-bond donors (Lipinski definition) is 1. The second kappa shape index (κ2) is 6.58. The van der Waals surface area contributed by atoms with Crippen LogP contribution in [0.2, 0.25) is 0 Å². The van der Waals surface area contributed by atoms with Gasteiger partial charge in [0.15, 0.2) is 0 Å². The number of nitrogens with zero attached hydrogens (tertiary/aromatic N) is 1. The van der Waals surface area contributed by atoms with E-state index in [1.165, 1.54) is 16.1 Å². The maximum atomic E-state index is 12.1. The average Bonchev–Trinajstić information content (AvgIpc) is 2.45. The molecule has 1 saturated heterocycles. The highest BCUT2D eigenvalue weighted by Gasteiger charge is 2.28. The highest BCUT2D eigenvalue weighted by atomic mass is 32.2. The summed E-state index contributed by atoms with van der Waals surface area (Å²) in [6.45, 7) is 3.41. The molecule has 0 bridgehead atoms. The van der Waals surface area contributed by atoms with E-state index in [1.54, 1.807) is 0 Å². The van der Waals surface area contributed by atoms with Crippen molar-refractivity contribution in [2.45, 2.75) is 26.3 Å². The second-order valence-electron chi connectivity index (χ2n) is 5.64. The van der Waals surface area contributed by atoms with Gasteiger partial charge in [0, 0.05) is 25.6 Å². The third-order valence-corrected chi connectivity index (χ3v) is 5.18. The van der Waals surface area contributed by atoms with Crippen LogP contribution in [0.1, 0.15) is 24.0 Å². The predicted molar refractivity (Wildman–Crippen MR) is 82.2 cm³/mol. The Balaban J connectivity index is 1.81. The van der Waals surface area contributed by atoms with Gasteiger partial charge in [-0.05, 0) is 25.3 Å². The largest absolute Gasteiger partial charge is 0.352 e. The zero-order chi connectivity index (χ0) is 15.5. The summed E-state index contributed by atoms with van der Waals surface area (Å²) < 4.78 is 24.3. The van der Waals surface area contributed by atoms with Crippen molar-refractivity contribution >= 4 is 15.9 Å². The number of amides is 1. The van der Waals surface area contributed by atoms with Gasteiger partial charge >= 0.3 is 0 Å². The molecular formula is C15H22N2O3S. The summed E-state index contributed by atoms with van der Waals surface area (Å²) in [5.74, 6) is -0.0721. The van der Waals surface area contributed by atoms with E-state index in [0.29, 0.717) is 32.5 Å². The summed E-state index contributed by atoms with van der Waals surface area (Å²) in [4.78, 5) is 12.1. The van der Waals surface area contributed by atoms with E-state index in [2.05, 4.69) is 5.32 Å². The molecule has 1 fully saturated rings. The molecule has 21 heavy (non-hydrogen) atoms. The Morgan fingerprint density at radius 1 is 1.24 bits per heavy atom. The lowest BCUT2D eigenvalue weighted by Gasteiger charge is -2.29. The average molecular weight is 310 g/mol. The second-order valence-corrected chi connectivity index (χ2v) is 7.62. The van der Waals surface area contributed by atoms with Gasteiger partial charge < -0.3 is 5.32 Å². The summed E-state index contributed by atoms with van der Waals surface area (Å²) in [6, 6.07) is 8.04. The van der Waals surface area contributed by atoms with Crippen molar-refractivity contribution in [1.29, 1.82) is 0 Å². The molecule has 1 heterocycles. The first-order valence-electron chi connectivity index (χ1n) is 7.14. The quantitative estimate of drug-likeness (QED) is 0.911. The van der Waals surface area contributed by atoms with Crippen LogP contribution in [-0.4, -0.2) is 38.0 Å². The first kappa shape index (κ1) is 16.0. The number of piperidine rings is 1. The van der Waals surface area contributed by atoms with Gasteiger partial charge in [-0.2, -0.15) is 0 Å². The minimum atomic E-state index is -3.13. The monoisotopic (exact) mass is 310 g/mol. The van der Waals surface area contributed by atoms with Crippen molar-refractivity contribution in [2.75, 3.05) is 19.3 Å². The first-order chi connectivity index (χ1) is 9.86. The van der Waals surface area contributed by atoms with Gasteiger partial charge in [0.2, 0.25) is 15.9 Å². The summed E-state index contributed by atoms with van der Waals surface area (Å²) in [5, 5.41) is 2.93. The Bertz CT molecular complexity index is 588. The maximum absolute atomic E-state index is 12.1. The minimum Gasteiger partial charge on any atom is -0.352 e. The summed E-state index contributed by atoms with van der Waals surface area (Å²) in [5.41, 5.74) is 2.26. The molecule has 0 spiro atoms. The molecule has 1 aromatic carbocycles. The van der Waals surface area contributed by atoms with Gasteiger partial charge in [-0.25, -0.2) is 12.7 Å². The van der Waals surface area contributed by atoms with Crippen molar-refractivity contribution in [3.8, 4) is 0 Å². The Morgan fingerprint density at radius 3 is 2.33 bits per heavy atom. The maximum Gasteiger partial charge on any atom is 0.223 e. The molecule has 6 heteroatoms. The summed E-state index contributed by atoms with van der Waals surface area (Å²) >= 11 is 0. The van der Waals surface area contributed by atoms with E-state index in [9.17, 15) is 13.2 Å². The number of carbonyl (C=O) groups is 1.